The smallest absolute Gasteiger partial charge is 0.203 e. The van der Waals surface area contributed by atoms with Crippen molar-refractivity contribution in [2.45, 2.75) is 6.42 Å². The van der Waals surface area contributed by atoms with Gasteiger partial charge in [-0.15, -0.1) is 22.7 Å². The van der Waals surface area contributed by atoms with E-state index in [1.165, 1.54) is 11.3 Å². The first-order chi connectivity index (χ1) is 10.3. The Bertz CT molecular complexity index is 787. The topological polar surface area (TPSA) is 35.5 Å². The van der Waals surface area contributed by atoms with Crippen molar-refractivity contribution >= 4 is 37.9 Å². The summed E-state index contributed by atoms with van der Waals surface area (Å²) < 4.78 is 13.6. The lowest BCUT2D eigenvalue weighted by Crippen LogP contribution is -2.00. The van der Waals surface area contributed by atoms with Crippen molar-refractivity contribution in [1.29, 1.82) is 0 Å². The van der Waals surface area contributed by atoms with Gasteiger partial charge in [-0.05, 0) is 35.7 Å². The van der Waals surface area contributed by atoms with Gasteiger partial charge in [0.25, 0.3) is 0 Å². The zero-order chi connectivity index (χ0) is 14.2. The molecule has 0 radical (unpaired) electrons. The summed E-state index contributed by atoms with van der Waals surface area (Å²) in [6.07, 6.45) is 0.860. The van der Waals surface area contributed by atoms with E-state index in [2.05, 4.69) is 6.07 Å². The highest BCUT2D eigenvalue weighted by molar-refractivity contribution is 7.28. The Hall–Kier alpha value is -1.85. The zero-order valence-corrected chi connectivity index (χ0v) is 12.8. The molecule has 5 heteroatoms. The second-order valence-corrected chi connectivity index (χ2v) is 6.83. The fourth-order valence-electron chi connectivity index (χ4n) is 2.32. The Morgan fingerprint density at radius 1 is 1.00 bits per heavy atom. The summed E-state index contributed by atoms with van der Waals surface area (Å²) >= 11 is 3.20. The summed E-state index contributed by atoms with van der Waals surface area (Å²) in [4.78, 5) is 13.4. The molecule has 0 unspecified atom stereocenters. The number of carbonyl (C=O) groups excluding carboxylic acids is 1. The molecule has 0 amide bonds. The van der Waals surface area contributed by atoms with Crippen molar-refractivity contribution in [3.63, 3.8) is 0 Å². The molecule has 2 aromatic heterocycles. The van der Waals surface area contributed by atoms with Crippen LogP contribution in [0.2, 0.25) is 0 Å². The highest BCUT2D eigenvalue weighted by atomic mass is 32.1. The average molecular weight is 316 g/mol. The third-order valence-corrected chi connectivity index (χ3v) is 5.47. The van der Waals surface area contributed by atoms with Gasteiger partial charge in [-0.1, -0.05) is 0 Å². The minimum atomic E-state index is 0.0408. The summed E-state index contributed by atoms with van der Waals surface area (Å²) in [5.41, 5.74) is 0.646. The van der Waals surface area contributed by atoms with Crippen molar-refractivity contribution in [3.8, 4) is 11.5 Å². The van der Waals surface area contributed by atoms with Crippen molar-refractivity contribution in [2.75, 3.05) is 13.2 Å². The maximum atomic E-state index is 12.6. The molecule has 3 nitrogen and oxygen atoms in total. The van der Waals surface area contributed by atoms with E-state index in [0.29, 0.717) is 24.5 Å². The van der Waals surface area contributed by atoms with Crippen LogP contribution in [0.5, 0.6) is 11.5 Å². The fourth-order valence-corrected chi connectivity index (χ4v) is 4.40. The molecule has 0 bridgehead atoms. The van der Waals surface area contributed by atoms with E-state index in [1.807, 2.05) is 23.6 Å². The molecule has 1 aliphatic heterocycles. The van der Waals surface area contributed by atoms with E-state index in [1.54, 1.807) is 17.4 Å². The second-order valence-electron chi connectivity index (χ2n) is 4.80. The van der Waals surface area contributed by atoms with Crippen LogP contribution >= 0.6 is 22.7 Å². The number of thiophene rings is 2. The number of hydrogen-bond acceptors (Lipinski definition) is 5. The molecule has 0 saturated carbocycles. The van der Waals surface area contributed by atoms with Gasteiger partial charge in [-0.25, -0.2) is 0 Å². The van der Waals surface area contributed by atoms with E-state index in [9.17, 15) is 4.79 Å². The van der Waals surface area contributed by atoms with Crippen LogP contribution in [0, 0.1) is 0 Å². The average Bonchev–Trinajstić information content (AvgIpc) is 3.00. The molecule has 0 saturated heterocycles. The first-order valence-corrected chi connectivity index (χ1v) is 8.42. The molecular formula is C16H12O3S2. The second kappa shape index (κ2) is 5.16. The standard InChI is InChI=1S/C16H12O3S2/c17-16(15-9-14-13(21-15)4-7-20-14)10-2-3-11-12(8-10)19-6-1-5-18-11/h2-4,7-9H,1,5-6H2. The molecule has 0 N–H and O–H groups in total. The lowest BCUT2D eigenvalue weighted by molar-refractivity contribution is 0.104. The Morgan fingerprint density at radius 2 is 1.86 bits per heavy atom. The summed E-state index contributed by atoms with van der Waals surface area (Å²) in [5, 5.41) is 2.04. The van der Waals surface area contributed by atoms with Gasteiger partial charge in [0.05, 0.1) is 18.1 Å². The molecule has 0 fully saturated rings. The number of ether oxygens (including phenoxy) is 2. The highest BCUT2D eigenvalue weighted by Crippen LogP contribution is 2.34. The highest BCUT2D eigenvalue weighted by Gasteiger charge is 2.17. The molecule has 3 heterocycles. The largest absolute Gasteiger partial charge is 0.490 e. The lowest BCUT2D eigenvalue weighted by atomic mass is 10.1. The summed E-state index contributed by atoms with van der Waals surface area (Å²) in [6, 6.07) is 9.44. The monoisotopic (exact) mass is 316 g/mol. The zero-order valence-electron chi connectivity index (χ0n) is 11.1. The quantitative estimate of drug-likeness (QED) is 0.659. The minimum absolute atomic E-state index is 0.0408. The Morgan fingerprint density at radius 3 is 2.71 bits per heavy atom. The molecule has 1 aliphatic rings. The van der Waals surface area contributed by atoms with Crippen LogP contribution in [-0.2, 0) is 0 Å². The molecule has 0 aliphatic carbocycles. The van der Waals surface area contributed by atoms with E-state index in [-0.39, 0.29) is 5.78 Å². The normalized spacial score (nSPS) is 14.1. The van der Waals surface area contributed by atoms with Crippen molar-refractivity contribution in [1.82, 2.24) is 0 Å². The van der Waals surface area contributed by atoms with Gasteiger partial charge in [0, 0.05) is 21.4 Å². The fraction of sp³-hybridized carbons (Fsp3) is 0.188. The molecule has 21 heavy (non-hydrogen) atoms. The third kappa shape index (κ3) is 2.32. The number of benzene rings is 1. The lowest BCUT2D eigenvalue weighted by Gasteiger charge is -2.08. The molecular weight excluding hydrogens is 304 g/mol. The van der Waals surface area contributed by atoms with Crippen molar-refractivity contribution in [3.05, 3.63) is 46.2 Å². The minimum Gasteiger partial charge on any atom is -0.490 e. The van der Waals surface area contributed by atoms with Gasteiger partial charge in [0.2, 0.25) is 5.78 Å². The summed E-state index contributed by atoms with van der Waals surface area (Å²) in [7, 11) is 0. The third-order valence-electron chi connectivity index (χ3n) is 3.37. The first-order valence-electron chi connectivity index (χ1n) is 6.73. The van der Waals surface area contributed by atoms with Crippen LogP contribution in [0.15, 0.2) is 35.7 Å². The molecule has 4 rings (SSSR count). The van der Waals surface area contributed by atoms with Gasteiger partial charge < -0.3 is 9.47 Å². The molecule has 1 aromatic carbocycles. The van der Waals surface area contributed by atoms with E-state index in [0.717, 1.165) is 26.4 Å². The van der Waals surface area contributed by atoms with Crippen LogP contribution in [0.3, 0.4) is 0 Å². The number of ketones is 1. The van der Waals surface area contributed by atoms with Crippen LogP contribution in [0.4, 0.5) is 0 Å². The number of fused-ring (bicyclic) bond motifs is 2. The summed E-state index contributed by atoms with van der Waals surface area (Å²) in [6.45, 7) is 1.28. The first kappa shape index (κ1) is 12.9. The Labute approximate surface area is 129 Å². The molecule has 106 valence electrons. The van der Waals surface area contributed by atoms with Crippen LogP contribution in [-0.4, -0.2) is 19.0 Å². The van der Waals surface area contributed by atoms with Crippen LogP contribution in [0.25, 0.3) is 9.40 Å². The number of hydrogen-bond donors (Lipinski definition) is 0. The van der Waals surface area contributed by atoms with Gasteiger partial charge in [0.1, 0.15) is 0 Å². The van der Waals surface area contributed by atoms with Crippen molar-refractivity contribution < 1.29 is 14.3 Å². The SMILES string of the molecule is O=C(c1ccc2c(c1)OCCCO2)c1cc2sccc2s1. The van der Waals surface area contributed by atoms with Crippen molar-refractivity contribution in [2.24, 2.45) is 0 Å². The molecule has 0 atom stereocenters. The number of rotatable bonds is 2. The van der Waals surface area contributed by atoms with Gasteiger partial charge in [-0.2, -0.15) is 0 Å². The van der Waals surface area contributed by atoms with Gasteiger partial charge in [0.15, 0.2) is 11.5 Å². The maximum Gasteiger partial charge on any atom is 0.203 e. The van der Waals surface area contributed by atoms with E-state index >= 15 is 0 Å². The van der Waals surface area contributed by atoms with Crippen LogP contribution in [0.1, 0.15) is 21.7 Å². The number of carbonyl (C=O) groups is 1. The van der Waals surface area contributed by atoms with E-state index in [4.69, 9.17) is 9.47 Å². The Balaban J connectivity index is 1.70. The summed E-state index contributed by atoms with van der Waals surface area (Å²) in [5.74, 6) is 1.42. The predicted octanol–water partition coefficient (Wildman–Crippen LogP) is 4.36. The van der Waals surface area contributed by atoms with Gasteiger partial charge >= 0.3 is 0 Å². The maximum absolute atomic E-state index is 12.6. The van der Waals surface area contributed by atoms with Gasteiger partial charge in [-0.3, -0.25) is 4.79 Å². The van der Waals surface area contributed by atoms with Crippen LogP contribution < -0.4 is 9.47 Å². The molecule has 0 spiro atoms. The molecule has 3 aromatic rings. The predicted molar refractivity (Wildman–Crippen MR) is 85.2 cm³/mol. The van der Waals surface area contributed by atoms with E-state index < -0.39 is 0 Å². The Kier molecular flexibility index (Phi) is 3.16.